The third-order valence-corrected chi connectivity index (χ3v) is 4.84. The lowest BCUT2D eigenvalue weighted by atomic mass is 9.82. The van der Waals surface area contributed by atoms with Crippen LogP contribution < -0.4 is 9.47 Å². The number of aliphatic hydroxyl groups excluding tert-OH is 1. The summed E-state index contributed by atoms with van der Waals surface area (Å²) in [7, 11) is 3.45. The predicted octanol–water partition coefficient (Wildman–Crippen LogP) is 4.53. The molecule has 0 bridgehead atoms. The van der Waals surface area contributed by atoms with Crippen molar-refractivity contribution in [1.29, 1.82) is 0 Å². The van der Waals surface area contributed by atoms with E-state index in [1.54, 1.807) is 14.2 Å². The van der Waals surface area contributed by atoms with E-state index in [1.807, 2.05) is 6.07 Å². The molecule has 1 N–H and O–H groups in total. The van der Waals surface area contributed by atoms with Crippen molar-refractivity contribution in [1.82, 2.24) is 0 Å². The van der Waals surface area contributed by atoms with E-state index < -0.39 is 0 Å². The Hall–Kier alpha value is -2.00. The summed E-state index contributed by atoms with van der Waals surface area (Å²) in [5.74, 6) is 2.02. The maximum Gasteiger partial charge on any atom is 0.126 e. The molecule has 0 saturated carbocycles. The molecular weight excluding hydrogens is 300 g/mol. The Labute approximate surface area is 145 Å². The molecule has 3 nitrogen and oxygen atoms in total. The zero-order chi connectivity index (χ0) is 17.7. The second kappa shape index (κ2) is 8.20. The average Bonchev–Trinajstić information content (AvgIpc) is 2.61. The summed E-state index contributed by atoms with van der Waals surface area (Å²) in [5, 5.41) is 9.35. The Balaban J connectivity index is 2.71. The minimum Gasteiger partial charge on any atom is -0.496 e. The molecule has 1 atom stereocenters. The van der Waals surface area contributed by atoms with Crippen LogP contribution in [0.1, 0.15) is 46.6 Å². The average molecular weight is 328 g/mol. The van der Waals surface area contributed by atoms with Crippen LogP contribution in [0.15, 0.2) is 30.3 Å². The van der Waals surface area contributed by atoms with Crippen LogP contribution in [0.2, 0.25) is 0 Å². The van der Waals surface area contributed by atoms with Gasteiger partial charge in [-0.3, -0.25) is 0 Å². The highest BCUT2D eigenvalue weighted by Crippen LogP contribution is 2.44. The Morgan fingerprint density at radius 3 is 2.00 bits per heavy atom. The largest absolute Gasteiger partial charge is 0.496 e. The highest BCUT2D eigenvalue weighted by atomic mass is 16.5. The Bertz CT molecular complexity index is 677. The van der Waals surface area contributed by atoms with Crippen LogP contribution in [0.4, 0.5) is 0 Å². The maximum atomic E-state index is 9.35. The summed E-state index contributed by atoms with van der Waals surface area (Å²) < 4.78 is 11.5. The first-order valence-corrected chi connectivity index (χ1v) is 8.44. The van der Waals surface area contributed by atoms with E-state index >= 15 is 0 Å². The number of ether oxygens (including phenoxy) is 2. The minimum absolute atomic E-state index is 0.168. The van der Waals surface area contributed by atoms with E-state index in [0.29, 0.717) is 0 Å². The molecule has 0 aliphatic heterocycles. The smallest absolute Gasteiger partial charge is 0.126 e. The van der Waals surface area contributed by atoms with Gasteiger partial charge in [0.1, 0.15) is 11.5 Å². The summed E-state index contributed by atoms with van der Waals surface area (Å²) in [6.45, 7) is 6.43. The predicted molar refractivity (Wildman–Crippen MR) is 98.4 cm³/mol. The fraction of sp³-hybridized carbons (Fsp3) is 0.429. The summed E-state index contributed by atoms with van der Waals surface area (Å²) in [4.78, 5) is 0. The van der Waals surface area contributed by atoms with Gasteiger partial charge in [-0.2, -0.15) is 0 Å². The van der Waals surface area contributed by atoms with E-state index in [0.717, 1.165) is 46.6 Å². The number of benzene rings is 2. The maximum absolute atomic E-state index is 9.35. The van der Waals surface area contributed by atoms with Crippen molar-refractivity contribution >= 4 is 0 Å². The van der Waals surface area contributed by atoms with Crippen LogP contribution in [0.3, 0.4) is 0 Å². The van der Waals surface area contributed by atoms with Gasteiger partial charge in [-0.1, -0.05) is 30.3 Å². The van der Waals surface area contributed by atoms with E-state index in [9.17, 15) is 5.11 Å². The van der Waals surface area contributed by atoms with Gasteiger partial charge in [0, 0.05) is 18.1 Å². The van der Waals surface area contributed by atoms with Crippen molar-refractivity contribution in [3.63, 3.8) is 0 Å². The normalized spacial score (nSPS) is 12.1. The van der Waals surface area contributed by atoms with Crippen molar-refractivity contribution < 1.29 is 14.6 Å². The third kappa shape index (κ3) is 3.41. The lowest BCUT2D eigenvalue weighted by Gasteiger charge is -2.26. The van der Waals surface area contributed by atoms with E-state index in [4.69, 9.17) is 9.47 Å². The summed E-state index contributed by atoms with van der Waals surface area (Å²) >= 11 is 0. The molecule has 0 radical (unpaired) electrons. The van der Waals surface area contributed by atoms with Crippen LogP contribution in [-0.2, 0) is 0 Å². The van der Waals surface area contributed by atoms with Crippen LogP contribution in [0.5, 0.6) is 11.5 Å². The van der Waals surface area contributed by atoms with Gasteiger partial charge in [-0.05, 0) is 55.9 Å². The molecule has 0 amide bonds. The van der Waals surface area contributed by atoms with Crippen LogP contribution in [0, 0.1) is 20.8 Å². The Morgan fingerprint density at radius 1 is 0.875 bits per heavy atom. The standard InChI is InChI=1S/C21H28O3/c1-14-15(2)21(24-5)19(16(3)20(14)23-4)18(12-9-13-22)17-10-7-6-8-11-17/h6-8,10-11,18,22H,9,12-13H2,1-5H3. The monoisotopic (exact) mass is 328 g/mol. The quantitative estimate of drug-likeness (QED) is 0.811. The molecule has 0 heterocycles. The first-order chi connectivity index (χ1) is 11.6. The molecule has 0 spiro atoms. The third-order valence-electron chi connectivity index (χ3n) is 4.84. The molecule has 0 saturated heterocycles. The van der Waals surface area contributed by atoms with Crippen LogP contribution in [0.25, 0.3) is 0 Å². The van der Waals surface area contributed by atoms with Gasteiger partial charge in [0.25, 0.3) is 0 Å². The fourth-order valence-corrected chi connectivity index (χ4v) is 3.56. The van der Waals surface area contributed by atoms with Gasteiger partial charge in [-0.25, -0.2) is 0 Å². The van der Waals surface area contributed by atoms with Gasteiger partial charge in [0.2, 0.25) is 0 Å². The molecule has 3 heteroatoms. The zero-order valence-electron chi connectivity index (χ0n) is 15.3. The SMILES string of the molecule is COc1c(C)c(C)c(OC)c(C(CCCO)c2ccccc2)c1C. The Morgan fingerprint density at radius 2 is 1.46 bits per heavy atom. The summed E-state index contributed by atoms with van der Waals surface area (Å²) in [6.07, 6.45) is 1.61. The number of hydrogen-bond acceptors (Lipinski definition) is 3. The second-order valence-corrected chi connectivity index (χ2v) is 6.18. The van der Waals surface area contributed by atoms with Crippen molar-refractivity contribution in [2.45, 2.75) is 39.5 Å². The summed E-state index contributed by atoms with van der Waals surface area (Å²) in [5.41, 5.74) is 5.74. The molecule has 2 aromatic carbocycles. The topological polar surface area (TPSA) is 38.7 Å². The van der Waals surface area contributed by atoms with Gasteiger partial charge in [0.15, 0.2) is 0 Å². The molecule has 0 aromatic heterocycles. The van der Waals surface area contributed by atoms with Crippen molar-refractivity contribution in [3.05, 3.63) is 58.1 Å². The molecule has 2 aromatic rings. The highest BCUT2D eigenvalue weighted by Gasteiger charge is 2.25. The van der Waals surface area contributed by atoms with Gasteiger partial charge in [0.05, 0.1) is 14.2 Å². The number of rotatable bonds is 7. The van der Waals surface area contributed by atoms with Crippen LogP contribution >= 0.6 is 0 Å². The molecule has 0 aliphatic carbocycles. The lowest BCUT2D eigenvalue weighted by Crippen LogP contribution is -2.10. The minimum atomic E-state index is 0.168. The molecule has 0 fully saturated rings. The summed E-state index contributed by atoms with van der Waals surface area (Å²) in [6, 6.07) is 10.4. The first-order valence-electron chi connectivity index (χ1n) is 8.44. The van der Waals surface area contributed by atoms with E-state index in [1.165, 1.54) is 5.56 Å². The fourth-order valence-electron chi connectivity index (χ4n) is 3.56. The molecule has 130 valence electrons. The number of hydrogen-bond donors (Lipinski definition) is 1. The molecular formula is C21H28O3. The van der Waals surface area contributed by atoms with Crippen molar-refractivity contribution in [3.8, 4) is 11.5 Å². The highest BCUT2D eigenvalue weighted by molar-refractivity contribution is 5.60. The zero-order valence-corrected chi connectivity index (χ0v) is 15.3. The molecule has 24 heavy (non-hydrogen) atoms. The lowest BCUT2D eigenvalue weighted by molar-refractivity contribution is 0.281. The van der Waals surface area contributed by atoms with Gasteiger partial charge >= 0.3 is 0 Å². The van der Waals surface area contributed by atoms with E-state index in [2.05, 4.69) is 45.0 Å². The van der Waals surface area contributed by atoms with Crippen LogP contribution in [-0.4, -0.2) is 25.9 Å². The molecule has 2 rings (SSSR count). The van der Waals surface area contributed by atoms with Crippen molar-refractivity contribution in [2.24, 2.45) is 0 Å². The Kier molecular flexibility index (Phi) is 6.27. The number of methoxy groups -OCH3 is 2. The molecule has 1 unspecified atom stereocenters. The van der Waals surface area contributed by atoms with E-state index in [-0.39, 0.29) is 12.5 Å². The van der Waals surface area contributed by atoms with Crippen molar-refractivity contribution in [2.75, 3.05) is 20.8 Å². The number of aliphatic hydroxyl groups is 1. The van der Waals surface area contributed by atoms with Gasteiger partial charge < -0.3 is 14.6 Å². The van der Waals surface area contributed by atoms with Gasteiger partial charge in [-0.15, -0.1) is 0 Å². The molecule has 0 aliphatic rings. The first kappa shape index (κ1) is 18.3. The second-order valence-electron chi connectivity index (χ2n) is 6.18.